The van der Waals surface area contributed by atoms with E-state index in [9.17, 15) is 0 Å². The van der Waals surface area contributed by atoms with Crippen LogP contribution in [0.25, 0.3) is 11.5 Å². The van der Waals surface area contributed by atoms with Crippen molar-refractivity contribution < 1.29 is 9.15 Å². The van der Waals surface area contributed by atoms with E-state index in [1.165, 1.54) is 0 Å². The first-order valence-electron chi connectivity index (χ1n) is 8.78. The highest BCUT2D eigenvalue weighted by molar-refractivity contribution is 7.07. The molecule has 25 heavy (non-hydrogen) atoms. The van der Waals surface area contributed by atoms with Gasteiger partial charge in [-0.05, 0) is 56.2 Å². The van der Waals surface area contributed by atoms with Gasteiger partial charge in [0.2, 0.25) is 0 Å². The summed E-state index contributed by atoms with van der Waals surface area (Å²) in [6, 6.07) is 12.2. The van der Waals surface area contributed by atoms with Gasteiger partial charge in [-0.2, -0.15) is 0 Å². The molecule has 3 aromatic rings. The molecule has 0 unspecified atom stereocenters. The molecule has 0 radical (unpaired) electrons. The van der Waals surface area contributed by atoms with Crippen LogP contribution in [0.2, 0.25) is 0 Å². The number of aromatic nitrogens is 1. The first kappa shape index (κ1) is 17.5. The van der Waals surface area contributed by atoms with Crippen LogP contribution in [-0.4, -0.2) is 11.2 Å². The molecular weight excluding hydrogens is 332 g/mol. The number of hydrogen-bond acceptors (Lipinski definition) is 4. The van der Waals surface area contributed by atoms with Crippen molar-refractivity contribution in [3.05, 3.63) is 52.8 Å². The Morgan fingerprint density at radius 1 is 1.12 bits per heavy atom. The van der Waals surface area contributed by atoms with Crippen molar-refractivity contribution in [2.75, 3.05) is 6.61 Å². The third-order valence-corrected chi connectivity index (χ3v) is 5.04. The molecule has 0 saturated heterocycles. The van der Waals surface area contributed by atoms with Gasteiger partial charge in [-0.3, -0.25) is 0 Å². The van der Waals surface area contributed by atoms with Gasteiger partial charge in [-0.25, -0.2) is 4.99 Å². The van der Waals surface area contributed by atoms with E-state index in [1.807, 2.05) is 43.3 Å². The highest BCUT2D eigenvalue weighted by Crippen LogP contribution is 2.27. The number of benzene rings is 1. The number of ether oxygens (including phenoxy) is 1. The van der Waals surface area contributed by atoms with Crippen LogP contribution in [0.15, 0.2) is 57.5 Å². The van der Waals surface area contributed by atoms with E-state index < -0.39 is 0 Å². The predicted octanol–water partition coefficient (Wildman–Crippen LogP) is 5.80. The number of thiazole rings is 1. The minimum atomic E-state index is 0.396. The summed E-state index contributed by atoms with van der Waals surface area (Å²) < 4.78 is 13.4. The summed E-state index contributed by atoms with van der Waals surface area (Å²) in [5, 5.41) is 2.13. The quantitative estimate of drug-likeness (QED) is 0.536. The van der Waals surface area contributed by atoms with Crippen molar-refractivity contribution >= 4 is 17.0 Å². The van der Waals surface area contributed by atoms with Crippen molar-refractivity contribution in [1.29, 1.82) is 0 Å². The zero-order valence-electron chi connectivity index (χ0n) is 14.9. The Labute approximate surface area is 152 Å². The predicted molar refractivity (Wildman–Crippen MR) is 102 cm³/mol. The second kappa shape index (κ2) is 8.21. The summed E-state index contributed by atoms with van der Waals surface area (Å²) >= 11 is 1.65. The van der Waals surface area contributed by atoms with Crippen LogP contribution in [0.5, 0.6) is 5.75 Å². The second-order valence-corrected chi connectivity index (χ2v) is 6.60. The van der Waals surface area contributed by atoms with E-state index in [0.717, 1.165) is 40.5 Å². The monoisotopic (exact) mass is 356 g/mol. The van der Waals surface area contributed by atoms with Crippen molar-refractivity contribution in [3.8, 4) is 17.2 Å². The lowest BCUT2D eigenvalue weighted by molar-refractivity contribution is 0.340. The Hall–Kier alpha value is -2.27. The molecule has 132 valence electrons. The summed E-state index contributed by atoms with van der Waals surface area (Å²) in [7, 11) is 0. The average molecular weight is 356 g/mol. The van der Waals surface area contributed by atoms with E-state index in [4.69, 9.17) is 14.1 Å². The first-order valence-corrected chi connectivity index (χ1v) is 9.66. The van der Waals surface area contributed by atoms with E-state index in [1.54, 1.807) is 17.6 Å². The zero-order chi connectivity index (χ0) is 17.6. The zero-order valence-corrected chi connectivity index (χ0v) is 15.8. The van der Waals surface area contributed by atoms with Crippen LogP contribution in [0.4, 0.5) is 5.69 Å². The molecular formula is C20H24N2O2S. The van der Waals surface area contributed by atoms with Crippen LogP contribution in [0.1, 0.15) is 39.7 Å². The van der Waals surface area contributed by atoms with Gasteiger partial charge >= 0.3 is 0 Å². The SMILES string of the molecule is CCOc1ccc(N=c2scc(-c3ccco3)n2C(CC)CC)cc1. The van der Waals surface area contributed by atoms with Crippen molar-refractivity contribution in [2.24, 2.45) is 4.99 Å². The normalized spacial score (nSPS) is 12.1. The van der Waals surface area contributed by atoms with Crippen LogP contribution in [0, 0.1) is 0 Å². The van der Waals surface area contributed by atoms with E-state index in [0.29, 0.717) is 12.6 Å². The Morgan fingerprint density at radius 2 is 1.88 bits per heavy atom. The molecule has 0 aliphatic rings. The first-order chi connectivity index (χ1) is 12.3. The number of rotatable bonds is 7. The number of nitrogens with zero attached hydrogens (tertiary/aromatic N) is 2. The van der Waals surface area contributed by atoms with Crippen LogP contribution < -0.4 is 9.54 Å². The summed E-state index contributed by atoms with van der Waals surface area (Å²) in [5.41, 5.74) is 2.02. The number of hydrogen-bond donors (Lipinski definition) is 0. The maximum Gasteiger partial charge on any atom is 0.190 e. The lowest BCUT2D eigenvalue weighted by atomic mass is 10.1. The molecule has 2 aromatic heterocycles. The molecule has 0 spiro atoms. The molecule has 0 atom stereocenters. The summed E-state index contributed by atoms with van der Waals surface area (Å²) in [4.78, 5) is 5.86. The highest BCUT2D eigenvalue weighted by atomic mass is 32.1. The maximum absolute atomic E-state index is 5.63. The molecule has 5 heteroatoms. The topological polar surface area (TPSA) is 39.7 Å². The van der Waals surface area contributed by atoms with Crippen LogP contribution >= 0.6 is 11.3 Å². The van der Waals surface area contributed by atoms with Gasteiger partial charge in [-0.1, -0.05) is 13.8 Å². The third-order valence-electron chi connectivity index (χ3n) is 4.20. The fourth-order valence-electron chi connectivity index (χ4n) is 2.91. The van der Waals surface area contributed by atoms with Crippen molar-refractivity contribution in [3.63, 3.8) is 0 Å². The van der Waals surface area contributed by atoms with Crippen molar-refractivity contribution in [1.82, 2.24) is 4.57 Å². The molecule has 0 bridgehead atoms. The largest absolute Gasteiger partial charge is 0.494 e. The van der Waals surface area contributed by atoms with Crippen LogP contribution in [-0.2, 0) is 0 Å². The van der Waals surface area contributed by atoms with Gasteiger partial charge in [0.15, 0.2) is 10.6 Å². The highest BCUT2D eigenvalue weighted by Gasteiger charge is 2.16. The Bertz CT molecular complexity index is 841. The maximum atomic E-state index is 5.63. The lowest BCUT2D eigenvalue weighted by Crippen LogP contribution is -2.20. The van der Waals surface area contributed by atoms with Gasteiger partial charge in [-0.15, -0.1) is 11.3 Å². The molecule has 1 aromatic carbocycles. The van der Waals surface area contributed by atoms with Gasteiger partial charge in [0, 0.05) is 11.4 Å². The molecule has 2 heterocycles. The van der Waals surface area contributed by atoms with E-state index in [2.05, 4.69) is 23.8 Å². The molecule has 4 nitrogen and oxygen atoms in total. The lowest BCUT2D eigenvalue weighted by Gasteiger charge is -2.17. The van der Waals surface area contributed by atoms with Gasteiger partial charge < -0.3 is 13.7 Å². The van der Waals surface area contributed by atoms with E-state index in [-0.39, 0.29) is 0 Å². The Kier molecular flexibility index (Phi) is 5.76. The molecule has 0 aliphatic carbocycles. The molecule has 0 fully saturated rings. The molecule has 0 N–H and O–H groups in total. The Balaban J connectivity index is 2.06. The van der Waals surface area contributed by atoms with Crippen LogP contribution in [0.3, 0.4) is 0 Å². The fraction of sp³-hybridized carbons (Fsp3) is 0.350. The smallest absolute Gasteiger partial charge is 0.190 e. The molecule has 0 aliphatic heterocycles. The Morgan fingerprint density at radius 3 is 2.48 bits per heavy atom. The minimum Gasteiger partial charge on any atom is -0.494 e. The summed E-state index contributed by atoms with van der Waals surface area (Å²) in [5.74, 6) is 1.76. The minimum absolute atomic E-state index is 0.396. The van der Waals surface area contributed by atoms with E-state index >= 15 is 0 Å². The standard InChI is InChI=1S/C20H24N2O2S/c1-4-16(5-2)22-18(19-8-7-13-24-19)14-25-20(22)21-15-9-11-17(12-10-15)23-6-3/h7-14,16H,4-6H2,1-3H3. The average Bonchev–Trinajstić information content (AvgIpc) is 3.29. The molecule has 3 rings (SSSR count). The third kappa shape index (κ3) is 3.87. The summed E-state index contributed by atoms with van der Waals surface area (Å²) in [6.07, 6.45) is 3.82. The molecule has 0 amide bonds. The molecule has 0 saturated carbocycles. The van der Waals surface area contributed by atoms with Gasteiger partial charge in [0.25, 0.3) is 0 Å². The fourth-order valence-corrected chi connectivity index (χ4v) is 3.87. The van der Waals surface area contributed by atoms with Gasteiger partial charge in [0.1, 0.15) is 5.75 Å². The van der Waals surface area contributed by atoms with Gasteiger partial charge in [0.05, 0.1) is 24.3 Å². The number of furan rings is 1. The van der Waals surface area contributed by atoms with Crippen molar-refractivity contribution in [2.45, 2.75) is 39.7 Å². The summed E-state index contributed by atoms with van der Waals surface area (Å²) in [6.45, 7) is 7.08. The second-order valence-electron chi connectivity index (χ2n) is 5.76.